The number of nitrogens with zero attached hydrogens (tertiary/aromatic N) is 1. The maximum absolute atomic E-state index is 11.6. The number of nitrogens with two attached hydrogens (primary N) is 2. The Bertz CT molecular complexity index is 470. The molecule has 1 aromatic rings. The molecule has 90 valence electrons. The quantitative estimate of drug-likeness (QED) is 0.231. The summed E-state index contributed by atoms with van der Waals surface area (Å²) in [5.74, 6) is -1.20. The van der Waals surface area contributed by atoms with Crippen LogP contribution in [-0.2, 0) is 4.79 Å². The third-order valence-electron chi connectivity index (χ3n) is 1.95. The first-order chi connectivity index (χ1) is 8.04. The van der Waals surface area contributed by atoms with E-state index in [1.54, 1.807) is 12.1 Å². The molecule has 0 aliphatic heterocycles. The van der Waals surface area contributed by atoms with E-state index in [9.17, 15) is 9.59 Å². The fourth-order valence-electron chi connectivity index (χ4n) is 1.15. The summed E-state index contributed by atoms with van der Waals surface area (Å²) in [5.41, 5.74) is 11.0. The topological polar surface area (TPSA) is 131 Å². The van der Waals surface area contributed by atoms with Crippen LogP contribution in [0.5, 0.6) is 0 Å². The van der Waals surface area contributed by atoms with E-state index < -0.39 is 11.8 Å². The summed E-state index contributed by atoms with van der Waals surface area (Å²) >= 11 is 0. The zero-order valence-electron chi connectivity index (χ0n) is 8.88. The predicted octanol–water partition coefficient (Wildman–Crippen LogP) is -1.00. The molecule has 0 aromatic heterocycles. The minimum absolute atomic E-state index is 0.102. The van der Waals surface area contributed by atoms with Crippen LogP contribution in [0, 0.1) is 0 Å². The Hall–Kier alpha value is -2.57. The van der Waals surface area contributed by atoms with Gasteiger partial charge in [-0.15, -0.1) is 0 Å². The van der Waals surface area contributed by atoms with E-state index in [0.717, 1.165) is 0 Å². The van der Waals surface area contributed by atoms with Gasteiger partial charge in [0.15, 0.2) is 5.84 Å². The minimum atomic E-state index is -0.633. The number of hydrogen-bond donors (Lipinski definition) is 4. The van der Waals surface area contributed by atoms with Gasteiger partial charge in [-0.1, -0.05) is 17.3 Å². The smallest absolute Gasteiger partial charge is 0.251 e. The molecule has 0 unspecified atom stereocenters. The summed E-state index contributed by atoms with van der Waals surface area (Å²) in [5, 5.41) is 13.6. The van der Waals surface area contributed by atoms with Crippen molar-refractivity contribution >= 4 is 17.6 Å². The average molecular weight is 236 g/mol. The van der Waals surface area contributed by atoms with E-state index in [-0.39, 0.29) is 17.9 Å². The maximum atomic E-state index is 11.6. The Morgan fingerprint density at radius 2 is 1.94 bits per heavy atom. The van der Waals surface area contributed by atoms with E-state index in [1.807, 2.05) is 0 Å². The molecule has 17 heavy (non-hydrogen) atoms. The normalized spacial score (nSPS) is 10.9. The Balaban J connectivity index is 2.84. The number of primary amides is 1. The molecular formula is C10H12N4O3. The minimum Gasteiger partial charge on any atom is -0.409 e. The van der Waals surface area contributed by atoms with Gasteiger partial charge in [0.05, 0.1) is 6.54 Å². The van der Waals surface area contributed by atoms with Gasteiger partial charge >= 0.3 is 0 Å². The number of benzene rings is 1. The standard InChI is InChI=1S/C10H12N4O3/c11-8(15)5-13-10(16)7-3-1-2-6(4-7)9(12)14-17/h1-4,17H,5H2,(H2,11,15)(H2,12,14)(H,13,16). The van der Waals surface area contributed by atoms with Gasteiger partial charge in [0.2, 0.25) is 5.91 Å². The van der Waals surface area contributed by atoms with Crippen LogP contribution in [0.4, 0.5) is 0 Å². The van der Waals surface area contributed by atoms with Crippen LogP contribution in [0.1, 0.15) is 15.9 Å². The van der Waals surface area contributed by atoms with Crippen molar-refractivity contribution in [3.63, 3.8) is 0 Å². The van der Waals surface area contributed by atoms with Crippen molar-refractivity contribution < 1.29 is 14.8 Å². The molecule has 0 heterocycles. The SMILES string of the molecule is NC(=O)CNC(=O)c1cccc(/C(N)=N/O)c1. The van der Waals surface area contributed by atoms with Gasteiger partial charge in [-0.3, -0.25) is 9.59 Å². The molecule has 1 aromatic carbocycles. The van der Waals surface area contributed by atoms with Gasteiger partial charge in [0.1, 0.15) is 0 Å². The highest BCUT2D eigenvalue weighted by Crippen LogP contribution is 2.04. The lowest BCUT2D eigenvalue weighted by atomic mass is 10.1. The second-order valence-corrected chi connectivity index (χ2v) is 3.22. The summed E-state index contributed by atoms with van der Waals surface area (Å²) in [6.07, 6.45) is 0. The molecule has 1 rings (SSSR count). The van der Waals surface area contributed by atoms with Gasteiger partial charge in [0.25, 0.3) is 5.91 Å². The first kappa shape index (κ1) is 12.5. The van der Waals surface area contributed by atoms with Crippen molar-refractivity contribution in [3.05, 3.63) is 35.4 Å². The number of rotatable bonds is 4. The van der Waals surface area contributed by atoms with Crippen LogP contribution in [-0.4, -0.2) is 29.4 Å². The molecular weight excluding hydrogens is 224 g/mol. The van der Waals surface area contributed by atoms with Crippen LogP contribution in [0.15, 0.2) is 29.4 Å². The molecule has 0 atom stereocenters. The van der Waals surface area contributed by atoms with Crippen molar-refractivity contribution in [2.24, 2.45) is 16.6 Å². The first-order valence-corrected chi connectivity index (χ1v) is 4.69. The lowest BCUT2D eigenvalue weighted by Crippen LogP contribution is -2.33. The number of nitrogens with one attached hydrogen (secondary N) is 1. The highest BCUT2D eigenvalue weighted by atomic mass is 16.4. The molecule has 0 bridgehead atoms. The number of hydrogen-bond acceptors (Lipinski definition) is 4. The Labute approximate surface area is 97.1 Å². The lowest BCUT2D eigenvalue weighted by molar-refractivity contribution is -0.117. The van der Waals surface area contributed by atoms with Gasteiger partial charge in [-0.2, -0.15) is 0 Å². The largest absolute Gasteiger partial charge is 0.409 e. The van der Waals surface area contributed by atoms with Gasteiger partial charge in [-0.25, -0.2) is 0 Å². The van der Waals surface area contributed by atoms with Crippen LogP contribution in [0.2, 0.25) is 0 Å². The van der Waals surface area contributed by atoms with Crippen LogP contribution < -0.4 is 16.8 Å². The van der Waals surface area contributed by atoms with E-state index in [4.69, 9.17) is 16.7 Å². The first-order valence-electron chi connectivity index (χ1n) is 4.69. The zero-order chi connectivity index (χ0) is 12.8. The lowest BCUT2D eigenvalue weighted by Gasteiger charge is -2.04. The molecule has 0 spiro atoms. The number of amidine groups is 1. The number of carbonyl (C=O) groups is 2. The molecule has 0 saturated heterocycles. The average Bonchev–Trinajstić information content (AvgIpc) is 2.35. The summed E-state index contributed by atoms with van der Waals surface area (Å²) < 4.78 is 0. The molecule has 0 saturated carbocycles. The summed E-state index contributed by atoms with van der Waals surface area (Å²) in [7, 11) is 0. The number of oxime groups is 1. The van der Waals surface area contributed by atoms with Gasteiger partial charge < -0.3 is 22.0 Å². The molecule has 2 amide bonds. The molecule has 7 nitrogen and oxygen atoms in total. The van der Waals surface area contributed by atoms with Crippen molar-refractivity contribution in [2.75, 3.05) is 6.54 Å². The van der Waals surface area contributed by atoms with Crippen LogP contribution in [0.3, 0.4) is 0 Å². The fourth-order valence-corrected chi connectivity index (χ4v) is 1.15. The third-order valence-corrected chi connectivity index (χ3v) is 1.95. The van der Waals surface area contributed by atoms with Crippen LogP contribution >= 0.6 is 0 Å². The zero-order valence-corrected chi connectivity index (χ0v) is 8.88. The highest BCUT2D eigenvalue weighted by molar-refractivity contribution is 6.01. The molecule has 0 fully saturated rings. The second-order valence-electron chi connectivity index (χ2n) is 3.22. The number of amides is 2. The fraction of sp³-hybridized carbons (Fsp3) is 0.100. The predicted molar refractivity (Wildman–Crippen MR) is 60.5 cm³/mol. The summed E-state index contributed by atoms with van der Waals surface area (Å²) in [4.78, 5) is 22.0. The molecule has 7 heteroatoms. The Morgan fingerprint density at radius 1 is 1.29 bits per heavy atom. The third kappa shape index (κ3) is 3.49. The maximum Gasteiger partial charge on any atom is 0.251 e. The summed E-state index contributed by atoms with van der Waals surface area (Å²) in [6, 6.07) is 6.13. The molecule has 6 N–H and O–H groups in total. The summed E-state index contributed by atoms with van der Waals surface area (Å²) in [6.45, 7) is -0.243. The van der Waals surface area contributed by atoms with E-state index >= 15 is 0 Å². The molecule has 0 aliphatic rings. The Morgan fingerprint density at radius 3 is 2.53 bits per heavy atom. The van der Waals surface area contributed by atoms with Crippen molar-refractivity contribution in [3.8, 4) is 0 Å². The number of carbonyl (C=O) groups excluding carboxylic acids is 2. The Kier molecular flexibility index (Phi) is 4.04. The van der Waals surface area contributed by atoms with Gasteiger partial charge in [0, 0.05) is 11.1 Å². The van der Waals surface area contributed by atoms with Crippen LogP contribution in [0.25, 0.3) is 0 Å². The molecule has 0 radical (unpaired) electrons. The van der Waals surface area contributed by atoms with E-state index in [1.165, 1.54) is 12.1 Å². The van der Waals surface area contributed by atoms with Crippen molar-refractivity contribution in [2.45, 2.75) is 0 Å². The monoisotopic (exact) mass is 236 g/mol. The van der Waals surface area contributed by atoms with E-state index in [0.29, 0.717) is 5.56 Å². The molecule has 0 aliphatic carbocycles. The van der Waals surface area contributed by atoms with Crippen molar-refractivity contribution in [1.82, 2.24) is 5.32 Å². The highest BCUT2D eigenvalue weighted by Gasteiger charge is 2.08. The van der Waals surface area contributed by atoms with Gasteiger partial charge in [-0.05, 0) is 12.1 Å². The van der Waals surface area contributed by atoms with Crippen molar-refractivity contribution in [1.29, 1.82) is 0 Å². The van der Waals surface area contributed by atoms with E-state index in [2.05, 4.69) is 10.5 Å². The second kappa shape index (κ2) is 5.50.